The molecule has 4 saturated carbocycles. The summed E-state index contributed by atoms with van der Waals surface area (Å²) in [4.78, 5) is 10.5. The summed E-state index contributed by atoms with van der Waals surface area (Å²) < 4.78 is 0. The first-order valence-electron chi connectivity index (χ1n) is 6.32. The Morgan fingerprint density at radius 2 is 1.62 bits per heavy atom. The van der Waals surface area contributed by atoms with Gasteiger partial charge < -0.3 is 10.4 Å². The van der Waals surface area contributed by atoms with Gasteiger partial charge in [-0.25, -0.2) is 4.79 Å². The zero-order valence-corrected chi connectivity index (χ0v) is 9.48. The van der Waals surface area contributed by atoms with Crippen molar-refractivity contribution in [1.29, 1.82) is 0 Å². The van der Waals surface area contributed by atoms with Crippen LogP contribution >= 0.6 is 0 Å². The van der Waals surface area contributed by atoms with E-state index < -0.39 is 5.97 Å². The van der Waals surface area contributed by atoms with Crippen LogP contribution in [0.2, 0.25) is 0 Å². The van der Waals surface area contributed by atoms with Gasteiger partial charge in [-0.1, -0.05) is 0 Å². The first kappa shape index (κ1) is 10.2. The SMILES string of the molecule is O=C(O)/C=C/NC12CC3CC(CC(C3)C1)C2. The van der Waals surface area contributed by atoms with E-state index in [9.17, 15) is 4.79 Å². The summed E-state index contributed by atoms with van der Waals surface area (Å²) >= 11 is 0. The fourth-order valence-corrected chi connectivity index (χ4v) is 4.58. The van der Waals surface area contributed by atoms with Crippen LogP contribution in [0.5, 0.6) is 0 Å². The summed E-state index contributed by atoms with van der Waals surface area (Å²) in [5, 5.41) is 12.0. The molecule has 4 fully saturated rings. The zero-order chi connectivity index (χ0) is 11.2. The van der Waals surface area contributed by atoms with E-state index in [1.807, 2.05) is 0 Å². The van der Waals surface area contributed by atoms with Gasteiger partial charge >= 0.3 is 5.97 Å². The van der Waals surface area contributed by atoms with Gasteiger partial charge in [0.1, 0.15) is 0 Å². The molecule has 0 heterocycles. The van der Waals surface area contributed by atoms with Gasteiger partial charge in [-0.2, -0.15) is 0 Å². The van der Waals surface area contributed by atoms with E-state index in [0.29, 0.717) is 0 Å². The van der Waals surface area contributed by atoms with Crippen molar-refractivity contribution in [2.24, 2.45) is 17.8 Å². The number of carboxylic acids is 1. The topological polar surface area (TPSA) is 49.3 Å². The summed E-state index contributed by atoms with van der Waals surface area (Å²) in [6.45, 7) is 0. The number of nitrogens with one attached hydrogen (secondary N) is 1. The molecular formula is C13H19NO2. The van der Waals surface area contributed by atoms with Gasteiger partial charge in [-0.05, 0) is 56.3 Å². The minimum Gasteiger partial charge on any atom is -0.478 e. The molecule has 2 N–H and O–H groups in total. The summed E-state index contributed by atoms with van der Waals surface area (Å²) in [6, 6.07) is 0. The average Bonchev–Trinajstić information content (AvgIpc) is 2.13. The maximum Gasteiger partial charge on any atom is 0.329 e. The van der Waals surface area contributed by atoms with Crippen LogP contribution in [0.1, 0.15) is 38.5 Å². The van der Waals surface area contributed by atoms with Crippen LogP contribution in [0.4, 0.5) is 0 Å². The van der Waals surface area contributed by atoms with Crippen molar-refractivity contribution < 1.29 is 9.90 Å². The van der Waals surface area contributed by atoms with Gasteiger partial charge in [0.15, 0.2) is 0 Å². The van der Waals surface area contributed by atoms with E-state index in [2.05, 4.69) is 5.32 Å². The Morgan fingerprint density at radius 1 is 1.12 bits per heavy atom. The van der Waals surface area contributed by atoms with Crippen LogP contribution in [-0.2, 0) is 4.79 Å². The molecule has 4 bridgehead atoms. The summed E-state index contributed by atoms with van der Waals surface area (Å²) in [5.74, 6) is 1.84. The van der Waals surface area contributed by atoms with Gasteiger partial charge in [0, 0.05) is 17.8 Å². The van der Waals surface area contributed by atoms with Crippen LogP contribution in [0, 0.1) is 17.8 Å². The molecule has 0 amide bonds. The van der Waals surface area contributed by atoms with Gasteiger partial charge in [0.2, 0.25) is 0 Å². The minimum atomic E-state index is -0.864. The van der Waals surface area contributed by atoms with Gasteiger partial charge in [-0.3, -0.25) is 0 Å². The van der Waals surface area contributed by atoms with E-state index in [1.54, 1.807) is 6.20 Å². The number of aliphatic carboxylic acids is 1. The second-order valence-corrected chi connectivity index (χ2v) is 6.01. The third-order valence-electron chi connectivity index (χ3n) is 4.65. The van der Waals surface area contributed by atoms with Gasteiger partial charge in [0.25, 0.3) is 0 Å². The van der Waals surface area contributed by atoms with Crippen molar-refractivity contribution in [3.63, 3.8) is 0 Å². The summed E-state index contributed by atoms with van der Waals surface area (Å²) in [7, 11) is 0. The van der Waals surface area contributed by atoms with Crippen molar-refractivity contribution in [2.45, 2.75) is 44.1 Å². The molecule has 3 heteroatoms. The Kier molecular flexibility index (Phi) is 2.23. The highest BCUT2D eigenvalue weighted by molar-refractivity contribution is 5.79. The van der Waals surface area contributed by atoms with Gasteiger partial charge in [0.05, 0.1) is 0 Å². The predicted molar refractivity (Wildman–Crippen MR) is 60.8 cm³/mol. The van der Waals surface area contributed by atoms with Crippen molar-refractivity contribution in [3.05, 3.63) is 12.3 Å². The van der Waals surface area contributed by atoms with E-state index in [-0.39, 0.29) is 5.54 Å². The van der Waals surface area contributed by atoms with Crippen LogP contribution in [0.25, 0.3) is 0 Å². The third-order valence-corrected chi connectivity index (χ3v) is 4.65. The number of hydrogen-bond donors (Lipinski definition) is 2. The molecule has 88 valence electrons. The summed E-state index contributed by atoms with van der Waals surface area (Å²) in [6.07, 6.45) is 10.9. The molecule has 4 aliphatic carbocycles. The van der Waals surface area contributed by atoms with Crippen LogP contribution in [-0.4, -0.2) is 16.6 Å². The molecule has 16 heavy (non-hydrogen) atoms. The van der Waals surface area contributed by atoms with Crippen LogP contribution < -0.4 is 5.32 Å². The molecular weight excluding hydrogens is 202 g/mol. The lowest BCUT2D eigenvalue weighted by Crippen LogP contribution is -2.56. The lowest BCUT2D eigenvalue weighted by Gasteiger charge is -2.56. The van der Waals surface area contributed by atoms with E-state index in [1.165, 1.54) is 44.6 Å². The largest absolute Gasteiger partial charge is 0.478 e. The molecule has 0 spiro atoms. The average molecular weight is 221 g/mol. The van der Waals surface area contributed by atoms with Crippen molar-refractivity contribution in [2.75, 3.05) is 0 Å². The lowest BCUT2D eigenvalue weighted by atomic mass is 9.53. The Balaban J connectivity index is 1.71. The Bertz CT molecular complexity index is 300. The molecule has 0 radical (unpaired) electrons. The number of carbonyl (C=O) groups is 1. The maximum atomic E-state index is 10.5. The van der Waals surface area contributed by atoms with E-state index in [0.717, 1.165) is 17.8 Å². The fourth-order valence-electron chi connectivity index (χ4n) is 4.58. The number of rotatable bonds is 3. The highest BCUT2D eigenvalue weighted by Crippen LogP contribution is 2.55. The molecule has 0 unspecified atom stereocenters. The molecule has 0 saturated heterocycles. The molecule has 0 atom stereocenters. The number of hydrogen-bond acceptors (Lipinski definition) is 2. The van der Waals surface area contributed by atoms with Crippen molar-refractivity contribution >= 4 is 5.97 Å². The smallest absolute Gasteiger partial charge is 0.329 e. The molecule has 3 nitrogen and oxygen atoms in total. The Labute approximate surface area is 95.9 Å². The minimum absolute atomic E-state index is 0.237. The van der Waals surface area contributed by atoms with Gasteiger partial charge in [-0.15, -0.1) is 0 Å². The normalized spacial score (nSPS) is 45.1. The quantitative estimate of drug-likeness (QED) is 0.718. The first-order chi connectivity index (χ1) is 7.65. The van der Waals surface area contributed by atoms with Crippen LogP contribution in [0.15, 0.2) is 12.3 Å². The van der Waals surface area contributed by atoms with E-state index >= 15 is 0 Å². The summed E-state index contributed by atoms with van der Waals surface area (Å²) in [5.41, 5.74) is 0.237. The first-order valence-corrected chi connectivity index (χ1v) is 6.32. The maximum absolute atomic E-state index is 10.5. The molecule has 0 aromatic rings. The second-order valence-electron chi connectivity index (χ2n) is 6.01. The molecule has 0 aliphatic heterocycles. The number of carboxylic acid groups (broad SMARTS) is 1. The predicted octanol–water partition coefficient (Wildman–Crippen LogP) is 2.14. The fraction of sp³-hybridized carbons (Fsp3) is 0.769. The molecule has 4 rings (SSSR count). The Hall–Kier alpha value is -0.990. The second kappa shape index (κ2) is 3.51. The lowest BCUT2D eigenvalue weighted by molar-refractivity contribution is -0.131. The molecule has 0 aromatic carbocycles. The third kappa shape index (κ3) is 1.72. The zero-order valence-electron chi connectivity index (χ0n) is 9.48. The molecule has 4 aliphatic rings. The monoisotopic (exact) mass is 221 g/mol. The van der Waals surface area contributed by atoms with Crippen molar-refractivity contribution in [1.82, 2.24) is 5.32 Å². The highest BCUT2D eigenvalue weighted by atomic mass is 16.4. The van der Waals surface area contributed by atoms with Crippen molar-refractivity contribution in [3.8, 4) is 0 Å². The standard InChI is InChI=1S/C13H19NO2/c15-12(16)1-2-14-13-6-9-3-10(7-13)5-11(4-9)8-13/h1-2,9-11,14H,3-8H2,(H,15,16)/b2-1+. The Morgan fingerprint density at radius 3 is 2.06 bits per heavy atom. The highest BCUT2D eigenvalue weighted by Gasteiger charge is 2.50. The molecule has 0 aromatic heterocycles. The van der Waals surface area contributed by atoms with Crippen LogP contribution in [0.3, 0.4) is 0 Å². The van der Waals surface area contributed by atoms with E-state index in [4.69, 9.17) is 5.11 Å².